The van der Waals surface area contributed by atoms with E-state index in [0.29, 0.717) is 12.0 Å². The van der Waals surface area contributed by atoms with Crippen LogP contribution in [0.15, 0.2) is 16.6 Å². The van der Waals surface area contributed by atoms with Gasteiger partial charge in [-0.3, -0.25) is 0 Å². The predicted octanol–water partition coefficient (Wildman–Crippen LogP) is 4.76. The number of hydrogen-bond donors (Lipinski definition) is 1. The molecule has 0 heterocycles. The summed E-state index contributed by atoms with van der Waals surface area (Å²) in [5.41, 5.74) is 4.07. The molecule has 0 aliphatic rings. The topological polar surface area (TPSA) is 12.0 Å². The monoisotopic (exact) mass is 297 g/mol. The molecule has 1 aromatic carbocycles. The van der Waals surface area contributed by atoms with E-state index >= 15 is 0 Å². The van der Waals surface area contributed by atoms with Crippen LogP contribution in [-0.4, -0.2) is 6.54 Å². The van der Waals surface area contributed by atoms with Crippen molar-refractivity contribution in [2.45, 2.75) is 47.1 Å². The van der Waals surface area contributed by atoms with Gasteiger partial charge in [-0.15, -0.1) is 0 Å². The van der Waals surface area contributed by atoms with E-state index in [4.69, 9.17) is 0 Å². The highest BCUT2D eigenvalue weighted by Crippen LogP contribution is 2.30. The van der Waals surface area contributed by atoms with Crippen molar-refractivity contribution < 1.29 is 0 Å². The maximum Gasteiger partial charge on any atom is 0.0346 e. The largest absolute Gasteiger partial charge is 0.310 e. The Hall–Kier alpha value is -0.340. The molecule has 1 aromatic rings. The van der Waals surface area contributed by atoms with E-state index in [-0.39, 0.29) is 0 Å². The summed E-state index contributed by atoms with van der Waals surface area (Å²) in [7, 11) is 0. The van der Waals surface area contributed by atoms with Crippen LogP contribution < -0.4 is 5.32 Å². The van der Waals surface area contributed by atoms with Crippen molar-refractivity contribution >= 4 is 15.9 Å². The molecular formula is C15H24BrN. The Morgan fingerprint density at radius 3 is 2.12 bits per heavy atom. The van der Waals surface area contributed by atoms with Crippen LogP contribution in [0.3, 0.4) is 0 Å². The lowest BCUT2D eigenvalue weighted by atomic mass is 9.90. The van der Waals surface area contributed by atoms with Crippen molar-refractivity contribution in [3.05, 3.63) is 33.3 Å². The number of hydrogen-bond acceptors (Lipinski definition) is 1. The molecule has 2 atom stereocenters. The highest BCUT2D eigenvalue weighted by Gasteiger charge is 2.18. The molecule has 0 aliphatic carbocycles. The molecular weight excluding hydrogens is 274 g/mol. The second-order valence-electron chi connectivity index (χ2n) is 4.89. The van der Waals surface area contributed by atoms with Gasteiger partial charge in [0.2, 0.25) is 0 Å². The molecule has 1 nitrogen and oxygen atoms in total. The standard InChI is InChI=1S/C15H24BrN/c1-6-10(3)15(17-7-2)13-8-11(4)14(16)12(5)9-13/h8-10,15,17H,6-7H2,1-5H3. The van der Waals surface area contributed by atoms with Crippen molar-refractivity contribution in [1.29, 1.82) is 0 Å². The summed E-state index contributed by atoms with van der Waals surface area (Å²) in [6.45, 7) is 12.1. The van der Waals surface area contributed by atoms with Gasteiger partial charge in [-0.25, -0.2) is 0 Å². The molecule has 1 N–H and O–H groups in total. The fourth-order valence-corrected chi connectivity index (χ4v) is 2.49. The van der Waals surface area contributed by atoms with Crippen molar-refractivity contribution in [2.24, 2.45) is 5.92 Å². The quantitative estimate of drug-likeness (QED) is 0.826. The van der Waals surface area contributed by atoms with Crippen LogP contribution in [0.25, 0.3) is 0 Å². The van der Waals surface area contributed by atoms with Gasteiger partial charge in [-0.2, -0.15) is 0 Å². The summed E-state index contributed by atoms with van der Waals surface area (Å²) >= 11 is 3.64. The molecule has 0 fully saturated rings. The molecule has 0 saturated heterocycles. The molecule has 2 unspecified atom stereocenters. The van der Waals surface area contributed by atoms with Crippen molar-refractivity contribution in [2.75, 3.05) is 6.54 Å². The van der Waals surface area contributed by atoms with E-state index in [1.165, 1.54) is 27.6 Å². The summed E-state index contributed by atoms with van der Waals surface area (Å²) in [6.07, 6.45) is 1.20. The van der Waals surface area contributed by atoms with Gasteiger partial charge in [-0.1, -0.05) is 55.3 Å². The first kappa shape index (κ1) is 14.7. The summed E-state index contributed by atoms with van der Waals surface area (Å²) in [5.74, 6) is 0.662. The highest BCUT2D eigenvalue weighted by molar-refractivity contribution is 9.10. The first-order chi connectivity index (χ1) is 8.01. The Morgan fingerprint density at radius 2 is 1.71 bits per heavy atom. The average molecular weight is 298 g/mol. The second-order valence-corrected chi connectivity index (χ2v) is 5.68. The van der Waals surface area contributed by atoms with Crippen LogP contribution in [0.4, 0.5) is 0 Å². The normalized spacial score (nSPS) is 14.7. The Bertz CT molecular complexity index is 350. The number of benzene rings is 1. The zero-order chi connectivity index (χ0) is 13.0. The molecule has 96 valence electrons. The van der Waals surface area contributed by atoms with Crippen LogP contribution in [0, 0.1) is 19.8 Å². The molecule has 0 radical (unpaired) electrons. The lowest BCUT2D eigenvalue weighted by Crippen LogP contribution is -2.26. The van der Waals surface area contributed by atoms with Gasteiger partial charge >= 0.3 is 0 Å². The SMILES string of the molecule is CCNC(c1cc(C)c(Br)c(C)c1)C(C)CC. The number of aryl methyl sites for hydroxylation is 2. The minimum Gasteiger partial charge on any atom is -0.310 e. The summed E-state index contributed by atoms with van der Waals surface area (Å²) in [6, 6.07) is 5.07. The first-order valence-electron chi connectivity index (χ1n) is 6.51. The molecule has 1 rings (SSSR count). The fraction of sp³-hybridized carbons (Fsp3) is 0.600. The Balaban J connectivity index is 3.10. The number of halogens is 1. The fourth-order valence-electron chi connectivity index (χ4n) is 2.26. The third kappa shape index (κ3) is 3.56. The van der Waals surface area contributed by atoms with Gasteiger partial charge in [0.1, 0.15) is 0 Å². The van der Waals surface area contributed by atoms with Gasteiger partial charge in [0, 0.05) is 10.5 Å². The van der Waals surface area contributed by atoms with Crippen molar-refractivity contribution in [3.63, 3.8) is 0 Å². The first-order valence-corrected chi connectivity index (χ1v) is 7.30. The molecule has 0 saturated carbocycles. The van der Waals surface area contributed by atoms with Crippen LogP contribution in [0.2, 0.25) is 0 Å². The Morgan fingerprint density at radius 1 is 1.18 bits per heavy atom. The predicted molar refractivity (Wildman–Crippen MR) is 79.5 cm³/mol. The molecule has 0 aliphatic heterocycles. The number of rotatable bonds is 5. The van der Waals surface area contributed by atoms with Gasteiger partial charge in [0.05, 0.1) is 0 Å². The van der Waals surface area contributed by atoms with Crippen LogP contribution >= 0.6 is 15.9 Å². The summed E-state index contributed by atoms with van der Waals surface area (Å²) in [5, 5.41) is 3.61. The van der Waals surface area contributed by atoms with Crippen LogP contribution in [-0.2, 0) is 0 Å². The van der Waals surface area contributed by atoms with Gasteiger partial charge in [0.15, 0.2) is 0 Å². The molecule has 0 spiro atoms. The van der Waals surface area contributed by atoms with Gasteiger partial charge in [-0.05, 0) is 43.0 Å². The summed E-state index contributed by atoms with van der Waals surface area (Å²) in [4.78, 5) is 0. The zero-order valence-corrected chi connectivity index (χ0v) is 13.2. The zero-order valence-electron chi connectivity index (χ0n) is 11.6. The third-order valence-electron chi connectivity index (χ3n) is 3.45. The molecule has 0 aromatic heterocycles. The number of nitrogens with one attached hydrogen (secondary N) is 1. The Kier molecular flexibility index (Phi) is 5.68. The van der Waals surface area contributed by atoms with Gasteiger partial charge < -0.3 is 5.32 Å². The Labute approximate surface area is 114 Å². The average Bonchev–Trinajstić information content (AvgIpc) is 2.31. The highest BCUT2D eigenvalue weighted by atomic mass is 79.9. The van der Waals surface area contributed by atoms with E-state index in [1.807, 2.05) is 0 Å². The second kappa shape index (κ2) is 6.55. The third-order valence-corrected chi connectivity index (χ3v) is 4.71. The minimum atomic E-state index is 0.468. The molecule has 2 heteroatoms. The minimum absolute atomic E-state index is 0.468. The molecule has 0 amide bonds. The van der Waals surface area contributed by atoms with Crippen molar-refractivity contribution in [3.8, 4) is 0 Å². The summed E-state index contributed by atoms with van der Waals surface area (Å²) < 4.78 is 1.24. The van der Waals surface area contributed by atoms with E-state index in [2.05, 4.69) is 68.0 Å². The van der Waals surface area contributed by atoms with E-state index in [0.717, 1.165) is 6.54 Å². The van der Waals surface area contributed by atoms with E-state index in [9.17, 15) is 0 Å². The maximum absolute atomic E-state index is 3.64. The lowest BCUT2D eigenvalue weighted by Gasteiger charge is -2.25. The molecule has 17 heavy (non-hydrogen) atoms. The maximum atomic E-state index is 3.64. The lowest BCUT2D eigenvalue weighted by molar-refractivity contribution is 0.383. The van der Waals surface area contributed by atoms with Gasteiger partial charge in [0.25, 0.3) is 0 Å². The van der Waals surface area contributed by atoms with E-state index in [1.54, 1.807) is 0 Å². The smallest absolute Gasteiger partial charge is 0.0346 e. The molecule has 0 bridgehead atoms. The van der Waals surface area contributed by atoms with E-state index < -0.39 is 0 Å². The van der Waals surface area contributed by atoms with Crippen LogP contribution in [0.5, 0.6) is 0 Å². The van der Waals surface area contributed by atoms with Crippen molar-refractivity contribution in [1.82, 2.24) is 5.32 Å². The van der Waals surface area contributed by atoms with Crippen LogP contribution in [0.1, 0.15) is 49.9 Å².